The average Bonchev–Trinajstić information content (AvgIpc) is 2.44. The summed E-state index contributed by atoms with van der Waals surface area (Å²) in [6.07, 6.45) is 0.139. The number of amides is 1. The molecule has 0 heterocycles. The van der Waals surface area contributed by atoms with E-state index < -0.39 is 0 Å². The number of phenolic OH excluding ortho intramolecular Hbond substituents is 1. The lowest BCUT2D eigenvalue weighted by Crippen LogP contribution is -2.14. The highest BCUT2D eigenvalue weighted by Gasteiger charge is 2.07. The largest absolute Gasteiger partial charge is 0.508 e. The normalized spacial score (nSPS) is 10.1. The van der Waals surface area contributed by atoms with Crippen LogP contribution in [0.1, 0.15) is 12.5 Å². The van der Waals surface area contributed by atoms with Crippen LogP contribution in [0.4, 0.5) is 5.69 Å². The second-order valence-electron chi connectivity index (χ2n) is 4.31. The number of para-hydroxylation sites is 1. The smallest absolute Gasteiger partial charge is 0.228 e. The van der Waals surface area contributed by atoms with Gasteiger partial charge in [0.05, 0.1) is 13.0 Å². The van der Waals surface area contributed by atoms with Gasteiger partial charge in [-0.2, -0.15) is 0 Å². The number of phenols is 1. The van der Waals surface area contributed by atoms with Crippen molar-refractivity contribution in [3.05, 3.63) is 54.1 Å². The van der Waals surface area contributed by atoms with E-state index in [0.29, 0.717) is 17.9 Å². The molecular weight excluding hydrogens is 254 g/mol. The maximum Gasteiger partial charge on any atom is 0.228 e. The van der Waals surface area contributed by atoms with E-state index in [4.69, 9.17) is 4.74 Å². The van der Waals surface area contributed by atoms with Crippen molar-refractivity contribution in [3.63, 3.8) is 0 Å². The highest BCUT2D eigenvalue weighted by atomic mass is 16.5. The molecule has 0 aliphatic rings. The van der Waals surface area contributed by atoms with Gasteiger partial charge in [0.2, 0.25) is 5.91 Å². The molecule has 0 unspecified atom stereocenters. The summed E-state index contributed by atoms with van der Waals surface area (Å²) in [4.78, 5) is 11.9. The Morgan fingerprint density at radius 2 is 1.85 bits per heavy atom. The van der Waals surface area contributed by atoms with Crippen molar-refractivity contribution in [2.45, 2.75) is 13.3 Å². The Balaban J connectivity index is 1.96. The van der Waals surface area contributed by atoms with Crippen LogP contribution in [-0.4, -0.2) is 17.6 Å². The summed E-state index contributed by atoms with van der Waals surface area (Å²) in [5.41, 5.74) is 1.31. The predicted molar refractivity (Wildman–Crippen MR) is 78.1 cm³/mol. The molecule has 0 aromatic heterocycles. The number of hydrogen-bond acceptors (Lipinski definition) is 3. The molecule has 0 radical (unpaired) electrons. The quantitative estimate of drug-likeness (QED) is 0.879. The first-order chi connectivity index (χ1) is 9.69. The molecule has 0 saturated heterocycles. The number of carbonyl (C=O) groups excluding carboxylic acids is 1. The molecule has 2 aromatic carbocycles. The summed E-state index contributed by atoms with van der Waals surface area (Å²) in [5.74, 6) is 0.733. The first-order valence-electron chi connectivity index (χ1n) is 6.48. The van der Waals surface area contributed by atoms with E-state index in [0.717, 1.165) is 5.75 Å². The minimum atomic E-state index is -0.171. The van der Waals surface area contributed by atoms with Gasteiger partial charge in [0.25, 0.3) is 0 Å². The molecule has 4 nitrogen and oxygen atoms in total. The van der Waals surface area contributed by atoms with E-state index in [9.17, 15) is 9.90 Å². The number of nitrogens with one attached hydrogen (secondary N) is 1. The highest BCUT2D eigenvalue weighted by molar-refractivity contribution is 5.92. The topological polar surface area (TPSA) is 58.6 Å². The standard InChI is InChI=1S/C16H17NO3/c1-2-20-14-9-7-13(8-10-14)17-16(19)11-12-5-3-4-6-15(12)18/h3-10,18H,2,11H2,1H3,(H,17,19). The van der Waals surface area contributed by atoms with E-state index in [-0.39, 0.29) is 18.1 Å². The Labute approximate surface area is 118 Å². The van der Waals surface area contributed by atoms with Crippen LogP contribution in [0.25, 0.3) is 0 Å². The molecule has 2 aromatic rings. The number of hydrogen-bond donors (Lipinski definition) is 2. The number of aromatic hydroxyl groups is 1. The Hall–Kier alpha value is -2.49. The molecule has 0 saturated carbocycles. The monoisotopic (exact) mass is 271 g/mol. The van der Waals surface area contributed by atoms with Crippen LogP contribution in [0, 0.1) is 0 Å². The third-order valence-electron chi connectivity index (χ3n) is 2.79. The van der Waals surface area contributed by atoms with Gasteiger partial charge < -0.3 is 15.2 Å². The van der Waals surface area contributed by atoms with E-state index in [2.05, 4.69) is 5.32 Å². The van der Waals surface area contributed by atoms with Crippen molar-refractivity contribution in [1.82, 2.24) is 0 Å². The predicted octanol–water partition coefficient (Wildman–Crippen LogP) is 2.97. The first-order valence-corrected chi connectivity index (χ1v) is 6.48. The van der Waals surface area contributed by atoms with Crippen LogP contribution in [-0.2, 0) is 11.2 Å². The summed E-state index contributed by atoms with van der Waals surface area (Å²) in [6.45, 7) is 2.53. The molecule has 0 spiro atoms. The van der Waals surface area contributed by atoms with Gasteiger partial charge in [0.1, 0.15) is 11.5 Å². The lowest BCUT2D eigenvalue weighted by molar-refractivity contribution is -0.115. The van der Waals surface area contributed by atoms with Gasteiger partial charge in [-0.3, -0.25) is 4.79 Å². The zero-order valence-corrected chi connectivity index (χ0v) is 11.3. The fourth-order valence-corrected chi connectivity index (χ4v) is 1.84. The van der Waals surface area contributed by atoms with Crippen molar-refractivity contribution in [2.24, 2.45) is 0 Å². The second kappa shape index (κ2) is 6.61. The molecule has 20 heavy (non-hydrogen) atoms. The summed E-state index contributed by atoms with van der Waals surface area (Å²) in [7, 11) is 0. The fourth-order valence-electron chi connectivity index (χ4n) is 1.84. The maximum atomic E-state index is 11.9. The van der Waals surface area contributed by atoms with E-state index >= 15 is 0 Å². The van der Waals surface area contributed by atoms with Crippen molar-refractivity contribution in [2.75, 3.05) is 11.9 Å². The van der Waals surface area contributed by atoms with E-state index in [1.165, 1.54) is 0 Å². The van der Waals surface area contributed by atoms with Gasteiger partial charge in [0.15, 0.2) is 0 Å². The number of ether oxygens (including phenoxy) is 1. The Morgan fingerprint density at radius 3 is 2.50 bits per heavy atom. The van der Waals surface area contributed by atoms with Crippen molar-refractivity contribution in [1.29, 1.82) is 0 Å². The van der Waals surface area contributed by atoms with Gasteiger partial charge in [-0.25, -0.2) is 0 Å². The number of carbonyl (C=O) groups is 1. The molecular formula is C16H17NO3. The van der Waals surface area contributed by atoms with Crippen molar-refractivity contribution < 1.29 is 14.6 Å². The number of benzene rings is 2. The third kappa shape index (κ3) is 3.75. The zero-order chi connectivity index (χ0) is 14.4. The van der Waals surface area contributed by atoms with Gasteiger partial charge in [-0.1, -0.05) is 18.2 Å². The van der Waals surface area contributed by atoms with Gasteiger partial charge in [0, 0.05) is 11.3 Å². The molecule has 0 aliphatic heterocycles. The van der Waals surface area contributed by atoms with Crippen molar-refractivity contribution >= 4 is 11.6 Å². The summed E-state index contributed by atoms with van der Waals surface area (Å²) < 4.78 is 5.33. The molecule has 0 atom stereocenters. The SMILES string of the molecule is CCOc1ccc(NC(=O)Cc2ccccc2O)cc1. The minimum Gasteiger partial charge on any atom is -0.508 e. The Kier molecular flexibility index (Phi) is 4.60. The number of rotatable bonds is 5. The van der Waals surface area contributed by atoms with E-state index in [1.807, 2.05) is 6.92 Å². The molecule has 4 heteroatoms. The summed E-state index contributed by atoms with van der Waals surface area (Å²) in [6, 6.07) is 14.0. The fraction of sp³-hybridized carbons (Fsp3) is 0.188. The lowest BCUT2D eigenvalue weighted by atomic mass is 10.1. The third-order valence-corrected chi connectivity index (χ3v) is 2.79. The Morgan fingerprint density at radius 1 is 1.15 bits per heavy atom. The van der Waals surface area contributed by atoms with Crippen LogP contribution in [0.2, 0.25) is 0 Å². The minimum absolute atomic E-state index is 0.134. The van der Waals surface area contributed by atoms with Crippen molar-refractivity contribution in [3.8, 4) is 11.5 Å². The molecule has 2 N–H and O–H groups in total. The van der Waals surface area contributed by atoms with Crippen LogP contribution >= 0.6 is 0 Å². The van der Waals surface area contributed by atoms with Gasteiger partial charge in [-0.15, -0.1) is 0 Å². The van der Waals surface area contributed by atoms with Crippen LogP contribution in [0.15, 0.2) is 48.5 Å². The molecule has 104 valence electrons. The van der Waals surface area contributed by atoms with Crippen LogP contribution in [0.3, 0.4) is 0 Å². The van der Waals surface area contributed by atoms with Gasteiger partial charge >= 0.3 is 0 Å². The lowest BCUT2D eigenvalue weighted by Gasteiger charge is -2.08. The highest BCUT2D eigenvalue weighted by Crippen LogP contribution is 2.18. The molecule has 1 amide bonds. The maximum absolute atomic E-state index is 11.9. The molecule has 2 rings (SSSR count). The molecule has 0 aliphatic carbocycles. The van der Waals surface area contributed by atoms with Gasteiger partial charge in [-0.05, 0) is 37.3 Å². The Bertz CT molecular complexity index is 579. The van der Waals surface area contributed by atoms with E-state index in [1.54, 1.807) is 48.5 Å². The summed E-state index contributed by atoms with van der Waals surface area (Å²) in [5, 5.41) is 12.4. The molecule has 0 bridgehead atoms. The number of anilines is 1. The zero-order valence-electron chi connectivity index (χ0n) is 11.3. The van der Waals surface area contributed by atoms with Crippen LogP contribution < -0.4 is 10.1 Å². The second-order valence-corrected chi connectivity index (χ2v) is 4.31. The first kappa shape index (κ1) is 13.9. The summed E-state index contributed by atoms with van der Waals surface area (Å²) >= 11 is 0. The van der Waals surface area contributed by atoms with Crippen LogP contribution in [0.5, 0.6) is 11.5 Å². The molecule has 0 fully saturated rings. The average molecular weight is 271 g/mol.